The first-order valence-electron chi connectivity index (χ1n) is 3.98. The summed E-state index contributed by atoms with van der Waals surface area (Å²) >= 11 is 0. The predicted molar refractivity (Wildman–Crippen MR) is 48.6 cm³/mol. The topological polar surface area (TPSA) is 46.5 Å². The average molecular weight is 175 g/mol. The lowest BCUT2D eigenvalue weighted by Crippen LogP contribution is -1.86. The summed E-state index contributed by atoms with van der Waals surface area (Å²) in [7, 11) is 0. The first-order chi connectivity index (χ1) is 6.38. The Hall–Kier alpha value is -1.73. The lowest BCUT2D eigenvalue weighted by molar-refractivity contribution is -0.107. The molecule has 1 aromatic rings. The van der Waals surface area contributed by atoms with Crippen molar-refractivity contribution in [1.82, 2.24) is 0 Å². The van der Waals surface area contributed by atoms with E-state index in [4.69, 9.17) is 0 Å². The largest absolute Gasteiger partial charge is 0.303 e. The maximum atomic E-state index is 10.1. The van der Waals surface area contributed by atoms with Gasteiger partial charge in [-0.2, -0.15) is 4.99 Å². The molecule has 3 nitrogen and oxygen atoms in total. The van der Waals surface area contributed by atoms with Crippen LogP contribution in [0.1, 0.15) is 12.0 Å². The third-order valence-corrected chi connectivity index (χ3v) is 1.69. The molecule has 0 spiro atoms. The number of isocyanates is 1. The van der Waals surface area contributed by atoms with Crippen LogP contribution < -0.4 is 0 Å². The smallest absolute Gasteiger partial charge is 0.240 e. The molecule has 0 radical (unpaired) electrons. The molecule has 0 unspecified atom stereocenters. The number of benzene rings is 1. The van der Waals surface area contributed by atoms with Crippen LogP contribution in [-0.4, -0.2) is 12.4 Å². The summed E-state index contributed by atoms with van der Waals surface area (Å²) in [6.45, 7) is 0. The third-order valence-electron chi connectivity index (χ3n) is 1.69. The molecule has 0 fully saturated rings. The number of rotatable bonds is 4. The van der Waals surface area contributed by atoms with Crippen molar-refractivity contribution in [2.45, 2.75) is 12.8 Å². The van der Waals surface area contributed by atoms with Crippen molar-refractivity contribution in [2.24, 2.45) is 4.99 Å². The van der Waals surface area contributed by atoms with Gasteiger partial charge in [0.05, 0.1) is 5.69 Å². The molecule has 0 aliphatic rings. The van der Waals surface area contributed by atoms with E-state index in [1.807, 2.05) is 12.1 Å². The highest BCUT2D eigenvalue weighted by Crippen LogP contribution is 2.18. The molecule has 1 aromatic carbocycles. The second-order valence-electron chi connectivity index (χ2n) is 2.54. The van der Waals surface area contributed by atoms with Gasteiger partial charge in [0.25, 0.3) is 0 Å². The van der Waals surface area contributed by atoms with Crippen molar-refractivity contribution in [3.63, 3.8) is 0 Å². The number of aldehydes is 1. The lowest BCUT2D eigenvalue weighted by atomic mass is 10.1. The van der Waals surface area contributed by atoms with Crippen molar-refractivity contribution in [3.05, 3.63) is 29.8 Å². The zero-order valence-corrected chi connectivity index (χ0v) is 7.06. The van der Waals surface area contributed by atoms with Gasteiger partial charge in [0, 0.05) is 6.42 Å². The fourth-order valence-corrected chi connectivity index (χ4v) is 1.09. The van der Waals surface area contributed by atoms with Crippen LogP contribution in [0.5, 0.6) is 0 Å². The van der Waals surface area contributed by atoms with Gasteiger partial charge in [0.2, 0.25) is 6.08 Å². The van der Waals surface area contributed by atoms with Crippen LogP contribution in [-0.2, 0) is 16.0 Å². The SMILES string of the molecule is O=C=Nc1ccccc1CCC=O. The van der Waals surface area contributed by atoms with Crippen LogP contribution in [0.2, 0.25) is 0 Å². The summed E-state index contributed by atoms with van der Waals surface area (Å²) in [5, 5.41) is 0. The first kappa shape index (κ1) is 9.36. The number of hydrogen-bond acceptors (Lipinski definition) is 3. The summed E-state index contributed by atoms with van der Waals surface area (Å²) in [6, 6.07) is 7.22. The van der Waals surface area contributed by atoms with E-state index in [0.29, 0.717) is 18.5 Å². The number of para-hydroxylation sites is 1. The van der Waals surface area contributed by atoms with Gasteiger partial charge in [0.1, 0.15) is 6.29 Å². The van der Waals surface area contributed by atoms with E-state index < -0.39 is 0 Å². The Balaban J connectivity index is 2.90. The van der Waals surface area contributed by atoms with Gasteiger partial charge in [-0.15, -0.1) is 0 Å². The number of aryl methyl sites for hydroxylation is 1. The second kappa shape index (κ2) is 5.01. The molecule has 3 heteroatoms. The number of carbonyl (C=O) groups is 1. The van der Waals surface area contributed by atoms with Gasteiger partial charge >= 0.3 is 0 Å². The maximum Gasteiger partial charge on any atom is 0.240 e. The molecule has 0 atom stereocenters. The molecule has 0 N–H and O–H groups in total. The fraction of sp³-hybridized carbons (Fsp3) is 0.200. The summed E-state index contributed by atoms with van der Waals surface area (Å²) in [6.07, 6.45) is 3.40. The Bertz CT molecular complexity index is 341. The highest BCUT2D eigenvalue weighted by molar-refractivity contribution is 5.56. The molecule has 0 amide bonds. The van der Waals surface area contributed by atoms with E-state index in [9.17, 15) is 9.59 Å². The van der Waals surface area contributed by atoms with Crippen molar-refractivity contribution < 1.29 is 9.59 Å². The van der Waals surface area contributed by atoms with Gasteiger partial charge < -0.3 is 4.79 Å². The van der Waals surface area contributed by atoms with Crippen molar-refractivity contribution >= 4 is 18.1 Å². The lowest BCUT2D eigenvalue weighted by Gasteiger charge is -1.99. The maximum absolute atomic E-state index is 10.1. The Morgan fingerprint density at radius 3 is 2.85 bits per heavy atom. The van der Waals surface area contributed by atoms with Gasteiger partial charge in [-0.05, 0) is 18.1 Å². The Morgan fingerprint density at radius 1 is 1.38 bits per heavy atom. The van der Waals surface area contributed by atoms with E-state index in [2.05, 4.69) is 4.99 Å². The van der Waals surface area contributed by atoms with E-state index in [1.54, 1.807) is 12.1 Å². The van der Waals surface area contributed by atoms with Crippen LogP contribution >= 0.6 is 0 Å². The van der Waals surface area contributed by atoms with Crippen LogP contribution in [0.25, 0.3) is 0 Å². The van der Waals surface area contributed by atoms with Crippen LogP contribution in [0, 0.1) is 0 Å². The monoisotopic (exact) mass is 175 g/mol. The molecule has 0 aliphatic heterocycles. The van der Waals surface area contributed by atoms with Crippen molar-refractivity contribution in [2.75, 3.05) is 0 Å². The normalized spacial score (nSPS) is 8.92. The summed E-state index contributed by atoms with van der Waals surface area (Å²) < 4.78 is 0. The molecular formula is C10H9NO2. The predicted octanol–water partition coefficient (Wildman–Crippen LogP) is 1.79. The number of carbonyl (C=O) groups excluding carboxylic acids is 2. The van der Waals surface area contributed by atoms with Crippen molar-refractivity contribution in [1.29, 1.82) is 0 Å². The van der Waals surface area contributed by atoms with E-state index in [1.165, 1.54) is 6.08 Å². The molecule has 0 bridgehead atoms. The molecule has 13 heavy (non-hydrogen) atoms. The van der Waals surface area contributed by atoms with E-state index in [0.717, 1.165) is 11.8 Å². The Kier molecular flexibility index (Phi) is 3.61. The molecule has 0 aliphatic carbocycles. The third kappa shape index (κ3) is 2.65. The molecule has 0 aromatic heterocycles. The summed E-state index contributed by atoms with van der Waals surface area (Å²) in [5.41, 5.74) is 1.50. The van der Waals surface area contributed by atoms with Crippen molar-refractivity contribution in [3.8, 4) is 0 Å². The average Bonchev–Trinajstić information content (AvgIpc) is 2.17. The number of hydrogen-bond donors (Lipinski definition) is 0. The fourth-order valence-electron chi connectivity index (χ4n) is 1.09. The molecule has 66 valence electrons. The minimum absolute atomic E-state index is 0.450. The highest BCUT2D eigenvalue weighted by atomic mass is 16.1. The molecule has 0 heterocycles. The zero-order valence-electron chi connectivity index (χ0n) is 7.06. The Morgan fingerprint density at radius 2 is 2.15 bits per heavy atom. The first-order valence-corrected chi connectivity index (χ1v) is 3.98. The Labute approximate surface area is 76.1 Å². The summed E-state index contributed by atoms with van der Waals surface area (Å²) in [5.74, 6) is 0. The van der Waals surface area contributed by atoms with E-state index in [-0.39, 0.29) is 0 Å². The minimum atomic E-state index is 0.450. The number of aliphatic imine (C=N–C) groups is 1. The highest BCUT2D eigenvalue weighted by Gasteiger charge is 1.98. The number of nitrogens with zero attached hydrogens (tertiary/aromatic N) is 1. The standard InChI is InChI=1S/C10H9NO2/c12-7-3-5-9-4-1-2-6-10(9)11-8-13/h1-2,4,6-7H,3,5H2. The van der Waals surface area contributed by atoms with Gasteiger partial charge in [-0.1, -0.05) is 18.2 Å². The molecule has 1 rings (SSSR count). The van der Waals surface area contributed by atoms with Gasteiger partial charge in [-0.25, -0.2) is 4.79 Å². The second-order valence-corrected chi connectivity index (χ2v) is 2.54. The zero-order chi connectivity index (χ0) is 9.52. The summed E-state index contributed by atoms with van der Waals surface area (Å²) in [4.78, 5) is 23.7. The van der Waals surface area contributed by atoms with Gasteiger partial charge in [-0.3, -0.25) is 0 Å². The van der Waals surface area contributed by atoms with Crippen LogP contribution in [0.15, 0.2) is 29.3 Å². The van der Waals surface area contributed by atoms with E-state index >= 15 is 0 Å². The molecule has 0 saturated carbocycles. The van der Waals surface area contributed by atoms with Crippen LogP contribution in [0.3, 0.4) is 0 Å². The molecular weight excluding hydrogens is 166 g/mol. The quantitative estimate of drug-likeness (QED) is 0.398. The van der Waals surface area contributed by atoms with Gasteiger partial charge in [0.15, 0.2) is 0 Å². The van der Waals surface area contributed by atoms with Crippen LogP contribution in [0.4, 0.5) is 5.69 Å². The minimum Gasteiger partial charge on any atom is -0.303 e. The molecule has 0 saturated heterocycles.